The maximum absolute atomic E-state index is 12.7. The van der Waals surface area contributed by atoms with Gasteiger partial charge in [0.1, 0.15) is 0 Å². The molecule has 2 aromatic rings. The summed E-state index contributed by atoms with van der Waals surface area (Å²) >= 11 is 0.738. The summed E-state index contributed by atoms with van der Waals surface area (Å²) in [6.07, 6.45) is 0. The number of sulfonamides is 1. The molecular formula is C14H18N2O3S2. The number of H-pyrrole nitrogens is 1. The summed E-state index contributed by atoms with van der Waals surface area (Å²) in [5, 5.41) is 0. The van der Waals surface area contributed by atoms with Crippen LogP contribution in [0.5, 0.6) is 0 Å². The van der Waals surface area contributed by atoms with Crippen LogP contribution in [0.25, 0.3) is 0 Å². The van der Waals surface area contributed by atoms with E-state index < -0.39 is 10.0 Å². The molecule has 0 bridgehead atoms. The summed E-state index contributed by atoms with van der Waals surface area (Å²) in [5.41, 5.74) is 2.41. The number of hydrogen-bond donors (Lipinski definition) is 1. The summed E-state index contributed by atoms with van der Waals surface area (Å²) < 4.78 is 26.8. The smallest absolute Gasteiger partial charge is 0.305 e. The van der Waals surface area contributed by atoms with Crippen molar-refractivity contribution in [2.75, 3.05) is 6.54 Å². The van der Waals surface area contributed by atoms with Gasteiger partial charge in [0.05, 0.1) is 0 Å². The summed E-state index contributed by atoms with van der Waals surface area (Å²) in [7, 11) is -3.65. The molecule has 1 heterocycles. The van der Waals surface area contributed by atoms with Crippen molar-refractivity contribution in [3.63, 3.8) is 0 Å². The second-order valence-corrected chi connectivity index (χ2v) is 7.96. The Morgan fingerprint density at radius 3 is 2.52 bits per heavy atom. The van der Waals surface area contributed by atoms with Gasteiger partial charge in [-0.1, -0.05) is 48.1 Å². The quantitative estimate of drug-likeness (QED) is 0.916. The highest BCUT2D eigenvalue weighted by atomic mass is 32.2. The highest BCUT2D eigenvalue weighted by Gasteiger charge is 2.27. The maximum Gasteiger partial charge on any atom is 0.305 e. The number of aryl methyl sites for hydroxylation is 2. The first-order valence-electron chi connectivity index (χ1n) is 6.60. The Morgan fingerprint density at radius 1 is 1.29 bits per heavy atom. The predicted molar refractivity (Wildman–Crippen MR) is 84.1 cm³/mol. The van der Waals surface area contributed by atoms with Crippen LogP contribution in [0.4, 0.5) is 0 Å². The van der Waals surface area contributed by atoms with Crippen molar-refractivity contribution in [1.82, 2.24) is 9.29 Å². The number of rotatable bonds is 5. The average Bonchev–Trinajstić information content (AvgIpc) is 2.75. The topological polar surface area (TPSA) is 70.2 Å². The van der Waals surface area contributed by atoms with Crippen LogP contribution in [0.1, 0.15) is 23.7 Å². The molecule has 5 nitrogen and oxygen atoms in total. The Labute approximate surface area is 128 Å². The molecule has 0 fully saturated rings. The molecule has 0 unspecified atom stereocenters. The average molecular weight is 326 g/mol. The molecule has 0 aliphatic heterocycles. The molecule has 0 aliphatic rings. The van der Waals surface area contributed by atoms with Crippen molar-refractivity contribution in [2.24, 2.45) is 0 Å². The van der Waals surface area contributed by atoms with Gasteiger partial charge in [-0.05, 0) is 19.4 Å². The van der Waals surface area contributed by atoms with Crippen molar-refractivity contribution < 1.29 is 8.42 Å². The van der Waals surface area contributed by atoms with E-state index in [9.17, 15) is 13.2 Å². The van der Waals surface area contributed by atoms with Gasteiger partial charge in [-0.25, -0.2) is 8.42 Å². The Hall–Kier alpha value is -1.44. The zero-order chi connectivity index (χ0) is 15.6. The Kier molecular flexibility index (Phi) is 4.65. The molecule has 0 saturated heterocycles. The molecule has 21 heavy (non-hydrogen) atoms. The fourth-order valence-electron chi connectivity index (χ4n) is 2.13. The molecule has 114 valence electrons. The van der Waals surface area contributed by atoms with Crippen LogP contribution < -0.4 is 4.87 Å². The normalized spacial score (nSPS) is 12.0. The van der Waals surface area contributed by atoms with E-state index in [0.29, 0.717) is 18.8 Å². The van der Waals surface area contributed by atoms with Crippen LogP contribution >= 0.6 is 11.3 Å². The molecule has 0 saturated carbocycles. The zero-order valence-corrected chi connectivity index (χ0v) is 13.8. The molecule has 1 aromatic heterocycles. The molecule has 1 aromatic carbocycles. The van der Waals surface area contributed by atoms with E-state index in [-0.39, 0.29) is 9.08 Å². The van der Waals surface area contributed by atoms with Crippen LogP contribution in [0.2, 0.25) is 0 Å². The van der Waals surface area contributed by atoms with Gasteiger partial charge in [0, 0.05) is 18.8 Å². The second-order valence-electron chi connectivity index (χ2n) is 4.85. The lowest BCUT2D eigenvalue weighted by atomic mass is 10.1. The SMILES string of the molecule is CCN(Cc1cccc(C)c1)S(=O)(=O)c1sc(=O)[nH]c1C. The number of hydrogen-bond acceptors (Lipinski definition) is 4. The first kappa shape index (κ1) is 15.9. The number of benzene rings is 1. The minimum Gasteiger partial charge on any atom is -0.315 e. The van der Waals surface area contributed by atoms with Crippen LogP contribution in [-0.2, 0) is 16.6 Å². The lowest BCUT2D eigenvalue weighted by molar-refractivity contribution is 0.424. The third kappa shape index (κ3) is 3.42. The van der Waals surface area contributed by atoms with Crippen LogP contribution in [0.3, 0.4) is 0 Å². The van der Waals surface area contributed by atoms with E-state index in [4.69, 9.17) is 0 Å². The largest absolute Gasteiger partial charge is 0.315 e. The van der Waals surface area contributed by atoms with E-state index in [1.165, 1.54) is 4.31 Å². The van der Waals surface area contributed by atoms with Crippen molar-refractivity contribution in [3.8, 4) is 0 Å². The first-order chi connectivity index (χ1) is 9.84. The fraction of sp³-hybridized carbons (Fsp3) is 0.357. The van der Waals surface area contributed by atoms with Crippen molar-refractivity contribution in [1.29, 1.82) is 0 Å². The molecule has 1 N–H and O–H groups in total. The van der Waals surface area contributed by atoms with Gasteiger partial charge < -0.3 is 4.98 Å². The van der Waals surface area contributed by atoms with Crippen LogP contribution in [-0.4, -0.2) is 24.3 Å². The molecule has 7 heteroatoms. The van der Waals surface area contributed by atoms with Gasteiger partial charge in [0.2, 0.25) is 0 Å². The lowest BCUT2D eigenvalue weighted by Crippen LogP contribution is -2.30. The maximum atomic E-state index is 12.7. The highest BCUT2D eigenvalue weighted by Crippen LogP contribution is 2.22. The molecule has 0 aliphatic carbocycles. The standard InChI is InChI=1S/C14H18N2O3S2/c1-4-16(9-12-7-5-6-10(2)8-12)21(18,19)13-11(3)15-14(17)20-13/h5-8H,4,9H2,1-3H3,(H,15,17). The number of nitrogens with zero attached hydrogens (tertiary/aromatic N) is 1. The van der Waals surface area contributed by atoms with Gasteiger partial charge in [0.15, 0.2) is 4.21 Å². The van der Waals surface area contributed by atoms with Crippen molar-refractivity contribution in [2.45, 2.75) is 31.5 Å². The number of aromatic amines is 1. The first-order valence-corrected chi connectivity index (χ1v) is 8.85. The number of aromatic nitrogens is 1. The molecule has 0 radical (unpaired) electrons. The van der Waals surface area contributed by atoms with Gasteiger partial charge in [-0.3, -0.25) is 4.79 Å². The van der Waals surface area contributed by atoms with E-state index in [0.717, 1.165) is 22.5 Å². The zero-order valence-electron chi connectivity index (χ0n) is 12.2. The second kappa shape index (κ2) is 6.13. The summed E-state index contributed by atoms with van der Waals surface area (Å²) in [6, 6.07) is 7.74. The number of nitrogens with one attached hydrogen (secondary N) is 1. The Balaban J connectivity index is 2.36. The Morgan fingerprint density at radius 2 is 2.00 bits per heavy atom. The van der Waals surface area contributed by atoms with E-state index in [1.54, 1.807) is 13.8 Å². The van der Waals surface area contributed by atoms with Crippen molar-refractivity contribution >= 4 is 21.4 Å². The monoisotopic (exact) mass is 326 g/mol. The van der Waals surface area contributed by atoms with Crippen LogP contribution in [0, 0.1) is 13.8 Å². The minimum absolute atomic E-state index is 0.0991. The predicted octanol–water partition coefficient (Wildman–Crippen LogP) is 2.26. The summed E-state index contributed by atoms with van der Waals surface area (Å²) in [5.74, 6) is 0. The van der Waals surface area contributed by atoms with E-state index >= 15 is 0 Å². The minimum atomic E-state index is -3.65. The number of thiazole rings is 1. The molecule has 2 rings (SSSR count). The van der Waals surface area contributed by atoms with Gasteiger partial charge in [-0.15, -0.1) is 0 Å². The van der Waals surface area contributed by atoms with E-state index in [2.05, 4.69) is 4.98 Å². The van der Waals surface area contributed by atoms with Gasteiger partial charge in [-0.2, -0.15) is 4.31 Å². The van der Waals surface area contributed by atoms with Gasteiger partial charge in [0.25, 0.3) is 10.0 Å². The summed E-state index contributed by atoms with van der Waals surface area (Å²) in [6.45, 7) is 6.01. The third-order valence-corrected chi connectivity index (χ3v) is 6.65. The highest BCUT2D eigenvalue weighted by molar-refractivity contribution is 7.91. The molecular weight excluding hydrogens is 308 g/mol. The van der Waals surface area contributed by atoms with Crippen molar-refractivity contribution in [3.05, 3.63) is 50.8 Å². The molecule has 0 atom stereocenters. The van der Waals surface area contributed by atoms with E-state index in [1.807, 2.05) is 31.2 Å². The van der Waals surface area contributed by atoms with Gasteiger partial charge >= 0.3 is 4.87 Å². The lowest BCUT2D eigenvalue weighted by Gasteiger charge is -2.20. The fourth-order valence-corrected chi connectivity index (χ4v) is 5.01. The Bertz CT molecular complexity index is 791. The van der Waals surface area contributed by atoms with Crippen LogP contribution in [0.15, 0.2) is 33.3 Å². The summed E-state index contributed by atoms with van der Waals surface area (Å²) in [4.78, 5) is 13.5. The molecule has 0 spiro atoms. The molecule has 0 amide bonds. The third-order valence-electron chi connectivity index (χ3n) is 3.15.